The van der Waals surface area contributed by atoms with Crippen molar-refractivity contribution in [3.05, 3.63) is 77.7 Å². The maximum atomic E-state index is 12.7. The van der Waals surface area contributed by atoms with Crippen LogP contribution < -0.4 is 5.32 Å². The normalized spacial score (nSPS) is 14.0. The summed E-state index contributed by atoms with van der Waals surface area (Å²) < 4.78 is 38.1. The lowest BCUT2D eigenvalue weighted by Crippen LogP contribution is -2.14. The molecule has 142 valence electrons. The number of benzene rings is 2. The number of nitrogens with zero attached hydrogens (tertiary/aromatic N) is 2. The second kappa shape index (κ2) is 7.07. The van der Waals surface area contributed by atoms with Crippen LogP contribution in [0.3, 0.4) is 0 Å². The monoisotopic (exact) mass is 383 g/mol. The minimum atomic E-state index is -4.40. The topological polar surface area (TPSA) is 54.9 Å². The van der Waals surface area contributed by atoms with Crippen LogP contribution in [0.1, 0.15) is 40.4 Å². The number of aromatic nitrogens is 2. The Kier molecular flexibility index (Phi) is 4.58. The van der Waals surface area contributed by atoms with Crippen molar-refractivity contribution in [2.45, 2.75) is 24.9 Å². The van der Waals surface area contributed by atoms with Crippen molar-refractivity contribution in [1.29, 1.82) is 0 Å². The van der Waals surface area contributed by atoms with E-state index >= 15 is 0 Å². The molecule has 7 heteroatoms. The predicted octanol–water partition coefficient (Wildman–Crippen LogP) is 5.29. The summed E-state index contributed by atoms with van der Waals surface area (Å²) in [6.07, 6.45) is 0.738. The number of amides is 1. The zero-order chi connectivity index (χ0) is 19.7. The van der Waals surface area contributed by atoms with E-state index in [1.807, 2.05) is 24.3 Å². The van der Waals surface area contributed by atoms with Crippen LogP contribution in [0, 0.1) is 0 Å². The van der Waals surface area contributed by atoms with Crippen LogP contribution in [0.5, 0.6) is 0 Å². The average Bonchev–Trinajstić information content (AvgIpc) is 3.53. The molecule has 28 heavy (non-hydrogen) atoms. The minimum absolute atomic E-state index is 0.0867. The van der Waals surface area contributed by atoms with Crippen molar-refractivity contribution in [2.24, 2.45) is 0 Å². The van der Waals surface area contributed by atoms with Crippen molar-refractivity contribution in [3.63, 3.8) is 0 Å². The van der Waals surface area contributed by atoms with Crippen LogP contribution in [0.2, 0.25) is 0 Å². The van der Waals surface area contributed by atoms with Crippen LogP contribution in [-0.2, 0) is 6.18 Å². The molecule has 3 aromatic rings. The number of nitrogens with one attached hydrogen (secondary N) is 1. The summed E-state index contributed by atoms with van der Waals surface area (Å²) in [4.78, 5) is 20.7. The molecule has 0 saturated heterocycles. The number of halogens is 3. The predicted molar refractivity (Wildman–Crippen MR) is 98.8 cm³/mol. The molecule has 1 fully saturated rings. The summed E-state index contributed by atoms with van der Waals surface area (Å²) in [7, 11) is 0. The number of rotatable bonds is 4. The van der Waals surface area contributed by atoms with E-state index in [4.69, 9.17) is 0 Å². The summed E-state index contributed by atoms with van der Waals surface area (Å²) in [6.45, 7) is 0. The first-order chi connectivity index (χ1) is 13.4. The molecule has 4 rings (SSSR count). The van der Waals surface area contributed by atoms with E-state index in [1.165, 1.54) is 42.9 Å². The molecule has 1 aromatic heterocycles. The second-order valence-electron chi connectivity index (χ2n) is 6.72. The summed E-state index contributed by atoms with van der Waals surface area (Å²) in [5.41, 5.74) is 2.03. The second-order valence-corrected chi connectivity index (χ2v) is 6.72. The van der Waals surface area contributed by atoms with Crippen molar-refractivity contribution in [2.75, 3.05) is 5.32 Å². The highest BCUT2D eigenvalue weighted by Gasteiger charge is 2.30. The van der Waals surface area contributed by atoms with E-state index in [0.29, 0.717) is 22.9 Å². The van der Waals surface area contributed by atoms with Gasteiger partial charge in [0.2, 0.25) is 0 Å². The summed E-state index contributed by atoms with van der Waals surface area (Å²) in [6, 6.07) is 12.3. The third-order valence-corrected chi connectivity index (χ3v) is 4.59. The first-order valence-corrected chi connectivity index (χ1v) is 8.81. The van der Waals surface area contributed by atoms with Crippen molar-refractivity contribution >= 4 is 11.6 Å². The fourth-order valence-corrected chi connectivity index (χ4v) is 2.89. The molecule has 1 aliphatic rings. The smallest absolute Gasteiger partial charge is 0.321 e. The Hall–Kier alpha value is -3.22. The molecule has 1 aliphatic carbocycles. The van der Waals surface area contributed by atoms with Gasteiger partial charge in [-0.05, 0) is 48.6 Å². The molecule has 1 heterocycles. The van der Waals surface area contributed by atoms with E-state index in [2.05, 4.69) is 15.3 Å². The van der Waals surface area contributed by atoms with E-state index in [-0.39, 0.29) is 5.69 Å². The van der Waals surface area contributed by atoms with Gasteiger partial charge in [-0.3, -0.25) is 9.78 Å². The number of anilines is 1. The maximum Gasteiger partial charge on any atom is 0.416 e. The molecule has 0 unspecified atom stereocenters. The van der Waals surface area contributed by atoms with Crippen LogP contribution in [-0.4, -0.2) is 15.9 Å². The SMILES string of the molecule is O=C(Nc1ccc(C2CC2)cc1)c1cncc(-c2ccc(C(F)(F)F)cc2)n1. The van der Waals surface area contributed by atoms with E-state index in [0.717, 1.165) is 12.1 Å². The van der Waals surface area contributed by atoms with Gasteiger partial charge in [0.15, 0.2) is 0 Å². The van der Waals surface area contributed by atoms with Gasteiger partial charge in [-0.1, -0.05) is 24.3 Å². The molecule has 1 saturated carbocycles. The first kappa shape index (κ1) is 18.2. The van der Waals surface area contributed by atoms with E-state index < -0.39 is 17.6 Å². The fraction of sp³-hybridized carbons (Fsp3) is 0.190. The van der Waals surface area contributed by atoms with E-state index in [1.54, 1.807) is 0 Å². The molecular formula is C21H16F3N3O. The molecule has 0 aliphatic heterocycles. The molecule has 0 bridgehead atoms. The summed E-state index contributed by atoms with van der Waals surface area (Å²) in [5, 5.41) is 2.76. The van der Waals surface area contributed by atoms with Crippen LogP contribution in [0.15, 0.2) is 60.9 Å². The molecule has 2 aromatic carbocycles. The van der Waals surface area contributed by atoms with Gasteiger partial charge in [0.1, 0.15) is 5.69 Å². The van der Waals surface area contributed by atoms with Gasteiger partial charge in [0, 0.05) is 11.3 Å². The van der Waals surface area contributed by atoms with Gasteiger partial charge in [-0.15, -0.1) is 0 Å². The Morgan fingerprint density at radius 3 is 2.25 bits per heavy atom. The summed E-state index contributed by atoms with van der Waals surface area (Å²) in [5.74, 6) is 0.205. The third kappa shape index (κ3) is 4.03. The van der Waals surface area contributed by atoms with Gasteiger partial charge >= 0.3 is 6.18 Å². The Labute approximate surface area is 159 Å². The minimum Gasteiger partial charge on any atom is -0.321 e. The first-order valence-electron chi connectivity index (χ1n) is 8.81. The zero-order valence-corrected chi connectivity index (χ0v) is 14.7. The molecule has 0 atom stereocenters. The largest absolute Gasteiger partial charge is 0.416 e. The maximum absolute atomic E-state index is 12.7. The van der Waals surface area contributed by atoms with Gasteiger partial charge in [0.25, 0.3) is 5.91 Å². The van der Waals surface area contributed by atoms with Crippen molar-refractivity contribution in [3.8, 4) is 11.3 Å². The lowest BCUT2D eigenvalue weighted by molar-refractivity contribution is -0.137. The Balaban J connectivity index is 1.50. The Bertz CT molecular complexity index is 995. The number of carbonyl (C=O) groups excluding carboxylic acids is 1. The standard InChI is InChI=1S/C21H16F3N3O/c22-21(23,24)16-7-3-15(4-8-16)18-11-25-12-19(27-18)20(28)26-17-9-5-14(6-10-17)13-1-2-13/h3-13H,1-2H2,(H,26,28). The highest BCUT2D eigenvalue weighted by molar-refractivity contribution is 6.02. The average molecular weight is 383 g/mol. The number of alkyl halides is 3. The van der Waals surface area contributed by atoms with Crippen molar-refractivity contribution in [1.82, 2.24) is 9.97 Å². The Morgan fingerprint density at radius 2 is 1.64 bits per heavy atom. The molecule has 1 amide bonds. The molecule has 4 nitrogen and oxygen atoms in total. The Morgan fingerprint density at radius 1 is 0.964 bits per heavy atom. The van der Waals surface area contributed by atoms with Gasteiger partial charge in [-0.25, -0.2) is 4.98 Å². The third-order valence-electron chi connectivity index (χ3n) is 4.59. The number of hydrogen-bond donors (Lipinski definition) is 1. The fourth-order valence-electron chi connectivity index (χ4n) is 2.89. The zero-order valence-electron chi connectivity index (χ0n) is 14.7. The lowest BCUT2D eigenvalue weighted by Gasteiger charge is -2.09. The van der Waals surface area contributed by atoms with Crippen molar-refractivity contribution < 1.29 is 18.0 Å². The van der Waals surface area contributed by atoms with Gasteiger partial charge in [0.05, 0.1) is 23.7 Å². The number of carbonyl (C=O) groups is 1. The highest BCUT2D eigenvalue weighted by atomic mass is 19.4. The quantitative estimate of drug-likeness (QED) is 0.666. The highest BCUT2D eigenvalue weighted by Crippen LogP contribution is 2.40. The van der Waals surface area contributed by atoms with Crippen LogP contribution >= 0.6 is 0 Å². The van der Waals surface area contributed by atoms with Crippen LogP contribution in [0.25, 0.3) is 11.3 Å². The van der Waals surface area contributed by atoms with Gasteiger partial charge in [-0.2, -0.15) is 13.2 Å². The lowest BCUT2D eigenvalue weighted by atomic mass is 10.1. The van der Waals surface area contributed by atoms with E-state index in [9.17, 15) is 18.0 Å². The molecule has 1 N–H and O–H groups in total. The molecule has 0 spiro atoms. The number of hydrogen-bond acceptors (Lipinski definition) is 3. The van der Waals surface area contributed by atoms with Gasteiger partial charge < -0.3 is 5.32 Å². The molecular weight excluding hydrogens is 367 g/mol. The summed E-state index contributed by atoms with van der Waals surface area (Å²) >= 11 is 0. The van der Waals surface area contributed by atoms with Crippen LogP contribution in [0.4, 0.5) is 18.9 Å². The molecule has 0 radical (unpaired) electrons.